The average Bonchev–Trinajstić information content (AvgIpc) is 2.94. The molecule has 10 heteroatoms. The molecule has 1 aromatic heterocycles. The van der Waals surface area contributed by atoms with Gasteiger partial charge in [0.15, 0.2) is 0 Å². The summed E-state index contributed by atoms with van der Waals surface area (Å²) in [5.41, 5.74) is 5.11. The van der Waals surface area contributed by atoms with Crippen LogP contribution in [0.3, 0.4) is 0 Å². The van der Waals surface area contributed by atoms with Gasteiger partial charge in [-0.3, -0.25) is 4.21 Å². The van der Waals surface area contributed by atoms with Crippen molar-refractivity contribution in [1.29, 1.82) is 5.26 Å². The zero-order valence-electron chi connectivity index (χ0n) is 20.0. The van der Waals surface area contributed by atoms with Gasteiger partial charge < -0.3 is 23.8 Å². The second-order valence-electron chi connectivity index (χ2n) is 8.49. The number of hydrogen-bond donors (Lipinski definition) is 1. The van der Waals surface area contributed by atoms with Crippen LogP contribution in [-0.4, -0.2) is 51.6 Å². The molecule has 3 aromatic carbocycles. The normalized spacial score (nSPS) is 14.2. The predicted molar refractivity (Wildman–Crippen MR) is 144 cm³/mol. The van der Waals surface area contributed by atoms with Crippen LogP contribution in [-0.2, 0) is 16.0 Å². The lowest BCUT2D eigenvalue weighted by molar-refractivity contribution is 0.122. The highest BCUT2D eigenvalue weighted by molar-refractivity contribution is 7.80. The highest BCUT2D eigenvalue weighted by atomic mass is 32.2. The van der Waals surface area contributed by atoms with Crippen molar-refractivity contribution in [1.82, 2.24) is 9.97 Å². The number of para-hydroxylation sites is 1. The number of rotatable bonds is 8. The van der Waals surface area contributed by atoms with Crippen LogP contribution in [0.15, 0.2) is 72.9 Å². The van der Waals surface area contributed by atoms with Crippen molar-refractivity contribution in [3.8, 4) is 17.2 Å². The number of benzene rings is 3. The second-order valence-corrected chi connectivity index (χ2v) is 9.36. The molecule has 1 aliphatic rings. The SMILES string of the molecule is N#CCCN(c1ccc(-c2cccc3cnc(Nc4cccc(N5CCOCC5)c4)nc23)cc1)S(=O)[O-]. The molecule has 0 amide bonds. The first-order valence-corrected chi connectivity index (χ1v) is 13.0. The van der Waals surface area contributed by atoms with Gasteiger partial charge in [0.25, 0.3) is 0 Å². The Bertz CT molecular complexity index is 1450. The van der Waals surface area contributed by atoms with Crippen LogP contribution < -0.4 is 14.5 Å². The number of fused-ring (bicyclic) bond motifs is 1. The lowest BCUT2D eigenvalue weighted by Crippen LogP contribution is -2.36. The van der Waals surface area contributed by atoms with E-state index in [9.17, 15) is 8.76 Å². The van der Waals surface area contributed by atoms with Gasteiger partial charge in [-0.15, -0.1) is 0 Å². The quantitative estimate of drug-likeness (QED) is 0.345. The predicted octanol–water partition coefficient (Wildman–Crippen LogP) is 4.39. The monoisotopic (exact) mass is 513 g/mol. The van der Waals surface area contributed by atoms with Gasteiger partial charge >= 0.3 is 0 Å². The molecule has 1 unspecified atom stereocenters. The first kappa shape index (κ1) is 24.6. The van der Waals surface area contributed by atoms with Crippen molar-refractivity contribution in [3.63, 3.8) is 0 Å². The molecule has 1 fully saturated rings. The Balaban J connectivity index is 1.42. The van der Waals surface area contributed by atoms with Crippen LogP contribution in [0.25, 0.3) is 22.0 Å². The van der Waals surface area contributed by atoms with Gasteiger partial charge in [0.2, 0.25) is 5.95 Å². The van der Waals surface area contributed by atoms with Gasteiger partial charge in [-0.2, -0.15) is 5.26 Å². The number of nitrogens with zero attached hydrogens (tertiary/aromatic N) is 5. The molecule has 188 valence electrons. The van der Waals surface area contributed by atoms with Gasteiger partial charge in [-0.1, -0.05) is 36.4 Å². The summed E-state index contributed by atoms with van der Waals surface area (Å²) in [5, 5.41) is 13.0. The number of hydrogen-bond acceptors (Lipinski definition) is 8. The van der Waals surface area contributed by atoms with E-state index in [1.165, 1.54) is 4.31 Å². The Morgan fingerprint density at radius 1 is 1.11 bits per heavy atom. The summed E-state index contributed by atoms with van der Waals surface area (Å²) in [4.78, 5) is 11.6. The lowest BCUT2D eigenvalue weighted by atomic mass is 10.0. The van der Waals surface area contributed by atoms with Crippen molar-refractivity contribution in [2.24, 2.45) is 0 Å². The van der Waals surface area contributed by atoms with Crippen molar-refractivity contribution in [2.75, 3.05) is 47.4 Å². The average molecular weight is 514 g/mol. The van der Waals surface area contributed by atoms with Crippen LogP contribution >= 0.6 is 0 Å². The summed E-state index contributed by atoms with van der Waals surface area (Å²) >= 11 is -2.46. The first-order chi connectivity index (χ1) is 18.1. The molecule has 0 radical (unpaired) electrons. The van der Waals surface area contributed by atoms with E-state index in [1.54, 1.807) is 18.3 Å². The largest absolute Gasteiger partial charge is 0.755 e. The molecule has 5 rings (SSSR count). The first-order valence-electron chi connectivity index (χ1n) is 11.9. The Hall–Kier alpha value is -4.04. The molecule has 0 aliphatic carbocycles. The van der Waals surface area contributed by atoms with E-state index in [0.717, 1.165) is 59.7 Å². The van der Waals surface area contributed by atoms with E-state index >= 15 is 0 Å². The van der Waals surface area contributed by atoms with Crippen LogP contribution in [0.1, 0.15) is 6.42 Å². The van der Waals surface area contributed by atoms with E-state index in [2.05, 4.69) is 27.3 Å². The maximum atomic E-state index is 11.6. The lowest BCUT2D eigenvalue weighted by Gasteiger charge is -2.29. The molecule has 0 bridgehead atoms. The summed E-state index contributed by atoms with van der Waals surface area (Å²) in [7, 11) is 0. The number of aromatic nitrogens is 2. The summed E-state index contributed by atoms with van der Waals surface area (Å²) in [6, 6.07) is 23.2. The molecular formula is C27H25N6O3S-. The minimum absolute atomic E-state index is 0.106. The second kappa shape index (κ2) is 11.3. The Morgan fingerprint density at radius 3 is 2.65 bits per heavy atom. The molecule has 2 heterocycles. The third-order valence-corrected chi connectivity index (χ3v) is 6.92. The smallest absolute Gasteiger partial charge is 0.227 e. The van der Waals surface area contributed by atoms with E-state index in [0.29, 0.717) is 11.6 Å². The van der Waals surface area contributed by atoms with E-state index in [1.807, 2.05) is 48.5 Å². The van der Waals surface area contributed by atoms with Gasteiger partial charge in [0.05, 0.1) is 31.2 Å². The zero-order valence-corrected chi connectivity index (χ0v) is 20.9. The summed E-state index contributed by atoms with van der Waals surface area (Å²) < 4.78 is 29.9. The van der Waals surface area contributed by atoms with Gasteiger partial charge in [-0.05, 0) is 35.9 Å². The molecule has 9 nitrogen and oxygen atoms in total. The third-order valence-electron chi connectivity index (χ3n) is 6.16. The van der Waals surface area contributed by atoms with Crippen molar-refractivity contribution >= 4 is 45.2 Å². The minimum atomic E-state index is -2.46. The third kappa shape index (κ3) is 5.70. The van der Waals surface area contributed by atoms with Gasteiger partial charge in [0.1, 0.15) is 0 Å². The molecule has 1 aliphatic heterocycles. The number of ether oxygens (including phenoxy) is 1. The molecule has 4 aromatic rings. The summed E-state index contributed by atoms with van der Waals surface area (Å²) in [5.74, 6) is 0.486. The van der Waals surface area contributed by atoms with Gasteiger partial charge in [0, 0.05) is 65.1 Å². The van der Waals surface area contributed by atoms with Crippen LogP contribution in [0.5, 0.6) is 0 Å². The summed E-state index contributed by atoms with van der Waals surface area (Å²) in [6.07, 6.45) is 1.90. The van der Waals surface area contributed by atoms with Crippen LogP contribution in [0.2, 0.25) is 0 Å². The molecular weight excluding hydrogens is 488 g/mol. The molecule has 0 spiro atoms. The Kier molecular flexibility index (Phi) is 7.56. The standard InChI is InChI=1S/C27H26N6O3S/c28-12-3-13-33(37(34)35)23-10-8-20(9-11-23)25-7-1-4-21-19-29-27(31-26(21)25)30-22-5-2-6-24(18-22)32-14-16-36-17-15-32/h1-2,4-11,18-19H,3,13-17H2,(H,34,35)(H,29,30,31)/p-1. The molecule has 37 heavy (non-hydrogen) atoms. The fourth-order valence-corrected chi connectivity index (χ4v) is 4.86. The fourth-order valence-electron chi connectivity index (χ4n) is 4.33. The van der Waals surface area contributed by atoms with Crippen molar-refractivity contribution in [2.45, 2.75) is 6.42 Å². The maximum Gasteiger partial charge on any atom is 0.227 e. The Morgan fingerprint density at radius 2 is 1.89 bits per heavy atom. The molecule has 1 saturated heterocycles. The van der Waals surface area contributed by atoms with Crippen LogP contribution in [0, 0.1) is 11.3 Å². The van der Waals surface area contributed by atoms with Crippen molar-refractivity contribution < 1.29 is 13.5 Å². The zero-order chi connectivity index (χ0) is 25.6. The Labute approximate surface area is 217 Å². The van der Waals surface area contributed by atoms with E-state index < -0.39 is 11.3 Å². The topological polar surface area (TPSA) is 117 Å². The molecule has 0 saturated carbocycles. The summed E-state index contributed by atoms with van der Waals surface area (Å²) in [6.45, 7) is 3.27. The number of morpholine rings is 1. The molecule has 1 atom stereocenters. The number of anilines is 4. The fraction of sp³-hybridized carbons (Fsp3) is 0.222. The van der Waals surface area contributed by atoms with Gasteiger partial charge in [-0.25, -0.2) is 9.97 Å². The number of nitrogens with one attached hydrogen (secondary N) is 1. The minimum Gasteiger partial charge on any atom is -0.755 e. The number of nitriles is 1. The van der Waals surface area contributed by atoms with E-state index in [-0.39, 0.29) is 13.0 Å². The van der Waals surface area contributed by atoms with Crippen LogP contribution in [0.4, 0.5) is 23.0 Å². The maximum absolute atomic E-state index is 11.6. The van der Waals surface area contributed by atoms with E-state index in [4.69, 9.17) is 15.0 Å². The van der Waals surface area contributed by atoms with Crippen molar-refractivity contribution in [3.05, 3.63) is 72.9 Å². The highest BCUT2D eigenvalue weighted by Gasteiger charge is 2.13. The molecule has 1 N–H and O–H groups in total. The highest BCUT2D eigenvalue weighted by Crippen LogP contribution is 2.30.